The van der Waals surface area contributed by atoms with Gasteiger partial charge >= 0.3 is 0 Å². The average Bonchev–Trinajstić information content (AvgIpc) is 3.12. The first-order valence-electron chi connectivity index (χ1n) is 10.3. The number of hydrogen-bond donors (Lipinski definition) is 0. The Balaban J connectivity index is 0.000000588. The van der Waals surface area contributed by atoms with Crippen molar-refractivity contribution in [2.75, 3.05) is 21.2 Å². The monoisotopic (exact) mass is 504 g/mol. The molecule has 0 atom stereocenters. The molecule has 0 amide bonds. The number of nitrogens with zero attached hydrogens (tertiary/aromatic N) is 2. The predicted octanol–water partition coefficient (Wildman–Crippen LogP) is 0.354. The van der Waals surface area contributed by atoms with Crippen LogP contribution in [0.5, 0.6) is 11.5 Å². The first-order chi connectivity index (χ1) is 16.1. The minimum absolute atomic E-state index is 0.836. The van der Waals surface area contributed by atoms with Crippen molar-refractivity contribution in [3.8, 4) is 11.5 Å². The Morgan fingerprint density at radius 3 is 2.47 bits per heavy atom. The Hall–Kier alpha value is -2.92. The van der Waals surface area contributed by atoms with Crippen molar-refractivity contribution < 1.29 is 42.9 Å². The highest BCUT2D eigenvalue weighted by molar-refractivity contribution is 7.18. The van der Waals surface area contributed by atoms with Gasteiger partial charge in [0.05, 0.1) is 13.2 Å². The smallest absolute Gasteiger partial charge is 0.266 e. The molecule has 0 bridgehead atoms. The van der Waals surface area contributed by atoms with Crippen molar-refractivity contribution in [1.29, 1.82) is 0 Å². The first kappa shape index (κ1) is 25.7. The SMILES string of the molecule is CC[n+]1c(\C=C2/C=C(\C=C\N(C)C)c3ccccc3O2)sc2cc(OC)ccc21.[O-][Cl+3]([O-])([O-])[O-]. The van der Waals surface area contributed by atoms with Crippen LogP contribution in [-0.4, -0.2) is 26.1 Å². The van der Waals surface area contributed by atoms with Crippen molar-refractivity contribution in [2.45, 2.75) is 13.5 Å². The third-order valence-electron chi connectivity index (χ3n) is 4.80. The molecule has 1 aliphatic heterocycles. The number of allylic oxidation sites excluding steroid dienone is 3. The fraction of sp³-hybridized carbons (Fsp3) is 0.208. The lowest BCUT2D eigenvalue weighted by Gasteiger charge is -2.18. The van der Waals surface area contributed by atoms with Gasteiger partial charge in [0.15, 0.2) is 0 Å². The Bertz CT molecular complexity index is 1240. The summed E-state index contributed by atoms with van der Waals surface area (Å²) in [5.41, 5.74) is 3.45. The van der Waals surface area contributed by atoms with Crippen LogP contribution in [0.15, 0.2) is 66.6 Å². The van der Waals surface area contributed by atoms with Crippen LogP contribution < -0.4 is 32.7 Å². The highest BCUT2D eigenvalue weighted by Crippen LogP contribution is 2.35. The van der Waals surface area contributed by atoms with Gasteiger partial charge in [-0.1, -0.05) is 29.5 Å². The number of aromatic nitrogens is 1. The largest absolute Gasteiger partial charge is 0.497 e. The van der Waals surface area contributed by atoms with E-state index in [0.29, 0.717) is 0 Å². The number of fused-ring (bicyclic) bond motifs is 2. The number of hydrogen-bond acceptors (Lipinski definition) is 8. The molecule has 0 radical (unpaired) electrons. The molecule has 0 spiro atoms. The van der Waals surface area contributed by atoms with E-state index < -0.39 is 10.2 Å². The van der Waals surface area contributed by atoms with Gasteiger partial charge in [0.2, 0.25) is 5.52 Å². The summed E-state index contributed by atoms with van der Waals surface area (Å²) in [6.45, 7) is 3.05. The maximum atomic E-state index is 8.49. The van der Waals surface area contributed by atoms with Crippen molar-refractivity contribution in [1.82, 2.24) is 4.90 Å². The fourth-order valence-corrected chi connectivity index (χ4v) is 4.58. The molecule has 34 heavy (non-hydrogen) atoms. The summed E-state index contributed by atoms with van der Waals surface area (Å²) in [6, 6.07) is 14.4. The van der Waals surface area contributed by atoms with E-state index in [1.807, 2.05) is 43.3 Å². The molecule has 3 aromatic rings. The molecule has 0 unspecified atom stereocenters. The summed E-state index contributed by atoms with van der Waals surface area (Å²) in [5, 5.41) is 1.15. The van der Waals surface area contributed by atoms with Crippen LogP contribution in [0.1, 0.15) is 17.5 Å². The van der Waals surface area contributed by atoms with Gasteiger partial charge in [0, 0.05) is 31.8 Å². The van der Waals surface area contributed by atoms with Crippen LogP contribution in [0.4, 0.5) is 0 Å². The molecule has 0 fully saturated rings. The Kier molecular flexibility index (Phi) is 8.32. The van der Waals surface area contributed by atoms with E-state index in [2.05, 4.69) is 54.1 Å². The number of rotatable bonds is 5. The van der Waals surface area contributed by atoms with Gasteiger partial charge in [-0.15, -0.1) is 10.2 Å². The normalized spacial score (nSPS) is 14.4. The zero-order valence-electron chi connectivity index (χ0n) is 19.2. The van der Waals surface area contributed by atoms with Gasteiger partial charge in [-0.05, 0) is 43.0 Å². The van der Waals surface area contributed by atoms with E-state index >= 15 is 0 Å². The number of ether oxygens (including phenoxy) is 2. The van der Waals surface area contributed by atoms with Gasteiger partial charge in [-0.3, -0.25) is 0 Å². The Morgan fingerprint density at radius 1 is 1.12 bits per heavy atom. The highest BCUT2D eigenvalue weighted by atomic mass is 35.7. The summed E-state index contributed by atoms with van der Waals surface area (Å²) in [5.74, 6) is 2.59. The minimum atomic E-state index is -4.94. The second-order valence-corrected chi connectivity index (χ2v) is 9.24. The predicted molar refractivity (Wildman–Crippen MR) is 120 cm³/mol. The summed E-state index contributed by atoms with van der Waals surface area (Å²) < 4.78 is 49.1. The second kappa shape index (κ2) is 11.0. The average molecular weight is 505 g/mol. The molecule has 0 saturated carbocycles. The van der Waals surface area contributed by atoms with Gasteiger partial charge in [-0.25, -0.2) is 18.6 Å². The molecule has 8 nitrogen and oxygen atoms in total. The summed E-state index contributed by atoms with van der Waals surface area (Å²) in [4.78, 5) is 2.03. The number of aryl methyl sites for hydroxylation is 1. The van der Waals surface area contributed by atoms with Gasteiger partial charge < -0.3 is 14.4 Å². The quantitative estimate of drug-likeness (QED) is 0.460. The number of para-hydroxylation sites is 1. The molecule has 180 valence electrons. The lowest BCUT2D eigenvalue weighted by atomic mass is 10.0. The molecule has 10 heteroatoms. The number of thiazole rings is 1. The third-order valence-corrected chi connectivity index (χ3v) is 5.89. The maximum absolute atomic E-state index is 8.49. The lowest BCUT2D eigenvalue weighted by molar-refractivity contribution is -2.00. The Labute approximate surface area is 204 Å². The van der Waals surface area contributed by atoms with E-state index in [-0.39, 0.29) is 0 Å². The number of halogens is 1. The van der Waals surface area contributed by atoms with Crippen LogP contribution in [0.3, 0.4) is 0 Å². The maximum Gasteiger partial charge on any atom is 0.266 e. The topological polar surface area (TPSA) is 118 Å². The minimum Gasteiger partial charge on any atom is -0.497 e. The standard InChI is InChI=1S/C24H25N2O2S.ClHO4/c1-5-26-21-11-10-18(27-4)15-23(21)29-24(26)16-19-14-17(12-13-25(2)3)20-8-6-7-9-22(20)28-19;2-1(3,4)5/h6-16H,5H2,1-4H3;(H,2,3,4,5)/q+1;/p-1. The molecule has 1 aliphatic rings. The zero-order chi connectivity index (χ0) is 24.9. The molecule has 0 saturated heterocycles. The van der Waals surface area contributed by atoms with Crippen molar-refractivity contribution in [3.05, 3.63) is 77.1 Å². The molecule has 4 rings (SSSR count). The van der Waals surface area contributed by atoms with E-state index in [4.69, 9.17) is 28.1 Å². The van der Waals surface area contributed by atoms with Gasteiger partial charge in [0.25, 0.3) is 5.01 Å². The lowest BCUT2D eigenvalue weighted by Crippen LogP contribution is -2.68. The molecule has 1 aromatic heterocycles. The number of methoxy groups -OCH3 is 1. The highest BCUT2D eigenvalue weighted by Gasteiger charge is 2.21. The molecule has 0 aliphatic carbocycles. The van der Waals surface area contributed by atoms with Crippen LogP contribution >= 0.6 is 11.3 Å². The Morgan fingerprint density at radius 2 is 1.82 bits per heavy atom. The molecule has 2 heterocycles. The van der Waals surface area contributed by atoms with Crippen LogP contribution in [0.25, 0.3) is 21.9 Å². The van der Waals surface area contributed by atoms with Crippen LogP contribution in [0, 0.1) is 10.2 Å². The molecular formula is C24H25ClN2O6S. The second-order valence-electron chi connectivity index (χ2n) is 7.42. The van der Waals surface area contributed by atoms with E-state index in [1.165, 1.54) is 10.2 Å². The van der Waals surface area contributed by atoms with Crippen LogP contribution in [-0.2, 0) is 6.54 Å². The first-order valence-corrected chi connectivity index (χ1v) is 12.3. The van der Waals surface area contributed by atoms with Crippen molar-refractivity contribution in [3.63, 3.8) is 0 Å². The number of benzene rings is 2. The molecule has 0 N–H and O–H groups in total. The summed E-state index contributed by atoms with van der Waals surface area (Å²) in [6.07, 6.45) is 8.41. The van der Waals surface area contributed by atoms with Gasteiger partial charge in [0.1, 0.15) is 28.5 Å². The summed E-state index contributed by atoms with van der Waals surface area (Å²) in [7, 11) is 0.801. The van der Waals surface area contributed by atoms with E-state index in [0.717, 1.165) is 39.9 Å². The van der Waals surface area contributed by atoms with E-state index in [1.54, 1.807) is 18.4 Å². The summed E-state index contributed by atoms with van der Waals surface area (Å²) >= 11 is 1.74. The fourth-order valence-electron chi connectivity index (χ4n) is 3.39. The van der Waals surface area contributed by atoms with Gasteiger partial charge in [-0.2, -0.15) is 4.57 Å². The van der Waals surface area contributed by atoms with Crippen LogP contribution in [0.2, 0.25) is 0 Å². The van der Waals surface area contributed by atoms with E-state index in [9.17, 15) is 0 Å². The van der Waals surface area contributed by atoms with Crippen molar-refractivity contribution >= 4 is 33.2 Å². The van der Waals surface area contributed by atoms with Crippen molar-refractivity contribution in [2.24, 2.45) is 0 Å². The third kappa shape index (κ3) is 6.80. The zero-order valence-corrected chi connectivity index (χ0v) is 20.8. The molecule has 2 aromatic carbocycles. The molecular weight excluding hydrogens is 480 g/mol.